The summed E-state index contributed by atoms with van der Waals surface area (Å²) >= 11 is 0. The van der Waals surface area contributed by atoms with Crippen LogP contribution in [0.5, 0.6) is 5.75 Å². The SMILES string of the molecule is CC1=C(C(=O)OC(C)C)C(c2ccc(O)cc2)c2c(n(C)c(=O)n(C)c2=O)N1. The highest BCUT2D eigenvalue weighted by atomic mass is 16.5. The van der Waals surface area contributed by atoms with Crippen LogP contribution in [0.1, 0.15) is 37.8 Å². The van der Waals surface area contributed by atoms with E-state index in [4.69, 9.17) is 4.74 Å². The number of allylic oxidation sites excluding steroid dienone is 1. The highest BCUT2D eigenvalue weighted by molar-refractivity contribution is 5.94. The molecule has 0 saturated carbocycles. The topological polar surface area (TPSA) is 103 Å². The average Bonchev–Trinajstić information content (AvgIpc) is 2.63. The fourth-order valence-corrected chi connectivity index (χ4v) is 3.44. The van der Waals surface area contributed by atoms with Crippen molar-refractivity contribution in [1.29, 1.82) is 0 Å². The van der Waals surface area contributed by atoms with Gasteiger partial charge in [-0.1, -0.05) is 12.1 Å². The average molecular weight is 385 g/mol. The van der Waals surface area contributed by atoms with Crippen LogP contribution in [-0.2, 0) is 23.6 Å². The van der Waals surface area contributed by atoms with Crippen molar-refractivity contribution >= 4 is 11.8 Å². The number of nitrogens with zero attached hydrogens (tertiary/aromatic N) is 2. The van der Waals surface area contributed by atoms with Crippen molar-refractivity contribution in [2.24, 2.45) is 14.1 Å². The van der Waals surface area contributed by atoms with Gasteiger partial charge >= 0.3 is 11.7 Å². The van der Waals surface area contributed by atoms with Gasteiger partial charge in [0.15, 0.2) is 0 Å². The first-order chi connectivity index (χ1) is 13.1. The summed E-state index contributed by atoms with van der Waals surface area (Å²) in [5, 5.41) is 12.7. The predicted octanol–water partition coefficient (Wildman–Crippen LogP) is 1.57. The number of carbonyl (C=O) groups is 1. The number of rotatable bonds is 3. The normalized spacial score (nSPS) is 16.0. The number of phenols is 1. The molecule has 1 aliphatic rings. The molecule has 0 fully saturated rings. The van der Waals surface area contributed by atoms with E-state index in [1.807, 2.05) is 0 Å². The summed E-state index contributed by atoms with van der Waals surface area (Å²) in [5.41, 5.74) is 0.734. The van der Waals surface area contributed by atoms with E-state index in [1.165, 1.54) is 23.7 Å². The van der Waals surface area contributed by atoms with Gasteiger partial charge < -0.3 is 15.2 Å². The van der Waals surface area contributed by atoms with E-state index in [2.05, 4.69) is 5.32 Å². The molecule has 2 heterocycles. The first-order valence-electron chi connectivity index (χ1n) is 8.91. The van der Waals surface area contributed by atoms with Gasteiger partial charge in [0, 0.05) is 19.8 Å². The number of aromatic nitrogens is 2. The second-order valence-electron chi connectivity index (χ2n) is 7.11. The van der Waals surface area contributed by atoms with E-state index in [1.54, 1.807) is 40.0 Å². The standard InChI is InChI=1S/C20H23N3O5/c1-10(2)28-19(26)14-11(3)21-17-16(18(25)23(5)20(27)22(17)4)15(14)12-6-8-13(24)9-7-12/h6-10,15,21,24H,1-5H3. The Hall–Kier alpha value is -3.29. The quantitative estimate of drug-likeness (QED) is 0.778. The summed E-state index contributed by atoms with van der Waals surface area (Å²) in [7, 11) is 2.96. The van der Waals surface area contributed by atoms with Crippen LogP contribution in [0.4, 0.5) is 5.82 Å². The number of anilines is 1. The maximum Gasteiger partial charge on any atom is 0.337 e. The Balaban J connectivity index is 2.35. The zero-order chi connectivity index (χ0) is 20.7. The van der Waals surface area contributed by atoms with Gasteiger partial charge in [-0.15, -0.1) is 0 Å². The summed E-state index contributed by atoms with van der Waals surface area (Å²) in [4.78, 5) is 38.3. The van der Waals surface area contributed by atoms with Gasteiger partial charge in [0.05, 0.1) is 23.2 Å². The number of fused-ring (bicyclic) bond motifs is 1. The predicted molar refractivity (Wildman–Crippen MR) is 104 cm³/mol. The van der Waals surface area contributed by atoms with Crippen molar-refractivity contribution < 1.29 is 14.6 Å². The Kier molecular flexibility index (Phi) is 4.89. The molecule has 0 saturated heterocycles. The minimum Gasteiger partial charge on any atom is -0.508 e. The van der Waals surface area contributed by atoms with Crippen LogP contribution in [0.2, 0.25) is 0 Å². The molecule has 8 nitrogen and oxygen atoms in total. The van der Waals surface area contributed by atoms with Gasteiger partial charge in [-0.2, -0.15) is 0 Å². The fourth-order valence-electron chi connectivity index (χ4n) is 3.44. The van der Waals surface area contributed by atoms with Crippen LogP contribution in [0.3, 0.4) is 0 Å². The molecule has 0 amide bonds. The third-order valence-electron chi connectivity index (χ3n) is 4.78. The molecular formula is C20H23N3O5. The van der Waals surface area contributed by atoms with Crippen molar-refractivity contribution in [1.82, 2.24) is 9.13 Å². The molecule has 1 atom stereocenters. The van der Waals surface area contributed by atoms with Crippen molar-refractivity contribution in [2.45, 2.75) is 32.8 Å². The summed E-state index contributed by atoms with van der Waals surface area (Å²) in [6, 6.07) is 6.28. The summed E-state index contributed by atoms with van der Waals surface area (Å²) in [6.45, 7) is 5.20. The first kappa shape index (κ1) is 19.5. The maximum atomic E-state index is 13.0. The van der Waals surface area contributed by atoms with Crippen molar-refractivity contribution in [3.63, 3.8) is 0 Å². The van der Waals surface area contributed by atoms with Gasteiger partial charge in [-0.25, -0.2) is 9.59 Å². The second-order valence-corrected chi connectivity index (χ2v) is 7.11. The van der Waals surface area contributed by atoms with E-state index in [-0.39, 0.29) is 17.4 Å². The Morgan fingerprint density at radius 2 is 1.75 bits per heavy atom. The molecule has 2 N–H and O–H groups in total. The van der Waals surface area contributed by atoms with E-state index in [9.17, 15) is 19.5 Å². The molecule has 28 heavy (non-hydrogen) atoms. The molecule has 148 valence electrons. The lowest BCUT2D eigenvalue weighted by molar-refractivity contribution is -0.143. The molecule has 0 spiro atoms. The monoisotopic (exact) mass is 385 g/mol. The van der Waals surface area contributed by atoms with Crippen LogP contribution < -0.4 is 16.6 Å². The third kappa shape index (κ3) is 3.11. The number of carbonyl (C=O) groups excluding carboxylic acids is 1. The number of phenolic OH excluding ortho intramolecular Hbond substituents is 1. The highest BCUT2D eigenvalue weighted by Crippen LogP contribution is 2.40. The molecule has 1 aliphatic heterocycles. The summed E-state index contributed by atoms with van der Waals surface area (Å²) in [6.07, 6.45) is -0.336. The lowest BCUT2D eigenvalue weighted by Gasteiger charge is -2.31. The fraction of sp³-hybridized carbons (Fsp3) is 0.350. The van der Waals surface area contributed by atoms with Gasteiger partial charge in [-0.3, -0.25) is 13.9 Å². The number of benzene rings is 1. The lowest BCUT2D eigenvalue weighted by Crippen LogP contribution is -2.43. The lowest BCUT2D eigenvalue weighted by atomic mass is 9.82. The highest BCUT2D eigenvalue weighted by Gasteiger charge is 2.37. The molecule has 0 aliphatic carbocycles. The zero-order valence-electron chi connectivity index (χ0n) is 16.4. The van der Waals surface area contributed by atoms with E-state index < -0.39 is 23.1 Å². The van der Waals surface area contributed by atoms with Crippen LogP contribution >= 0.6 is 0 Å². The molecule has 8 heteroatoms. The van der Waals surface area contributed by atoms with Crippen LogP contribution in [0.15, 0.2) is 45.1 Å². The number of hydrogen-bond donors (Lipinski definition) is 2. The van der Waals surface area contributed by atoms with Gasteiger partial charge in [0.25, 0.3) is 5.56 Å². The van der Waals surface area contributed by atoms with E-state index in [0.717, 1.165) is 4.57 Å². The van der Waals surface area contributed by atoms with Gasteiger partial charge in [0.2, 0.25) is 0 Å². The van der Waals surface area contributed by atoms with Crippen LogP contribution in [0, 0.1) is 0 Å². The molecule has 1 unspecified atom stereocenters. The molecule has 0 radical (unpaired) electrons. The smallest absolute Gasteiger partial charge is 0.337 e. The summed E-state index contributed by atoms with van der Waals surface area (Å²) < 4.78 is 7.77. The van der Waals surface area contributed by atoms with Crippen LogP contribution in [-0.4, -0.2) is 26.3 Å². The molecule has 3 rings (SSSR count). The second kappa shape index (κ2) is 7.03. The molecule has 2 aromatic rings. The largest absolute Gasteiger partial charge is 0.508 e. The molecule has 0 bridgehead atoms. The molecule has 1 aromatic heterocycles. The van der Waals surface area contributed by atoms with E-state index >= 15 is 0 Å². The van der Waals surface area contributed by atoms with E-state index in [0.29, 0.717) is 22.7 Å². The minimum absolute atomic E-state index is 0.0679. The third-order valence-corrected chi connectivity index (χ3v) is 4.78. The molecule has 1 aromatic carbocycles. The number of ether oxygens (including phenoxy) is 1. The number of esters is 1. The van der Waals surface area contributed by atoms with Crippen molar-refractivity contribution in [3.05, 3.63) is 67.5 Å². The number of nitrogens with one attached hydrogen (secondary N) is 1. The van der Waals surface area contributed by atoms with Gasteiger partial charge in [-0.05, 0) is 38.5 Å². The number of aromatic hydroxyl groups is 1. The van der Waals surface area contributed by atoms with Crippen molar-refractivity contribution in [3.8, 4) is 5.75 Å². The Labute approximate surface area is 161 Å². The Morgan fingerprint density at radius 1 is 1.14 bits per heavy atom. The van der Waals surface area contributed by atoms with Crippen molar-refractivity contribution in [2.75, 3.05) is 5.32 Å². The van der Waals surface area contributed by atoms with Gasteiger partial charge in [0.1, 0.15) is 11.6 Å². The molecular weight excluding hydrogens is 362 g/mol. The Morgan fingerprint density at radius 3 is 2.32 bits per heavy atom. The minimum atomic E-state index is -0.742. The van der Waals surface area contributed by atoms with Crippen LogP contribution in [0.25, 0.3) is 0 Å². The number of hydrogen-bond acceptors (Lipinski definition) is 6. The summed E-state index contributed by atoms with van der Waals surface area (Å²) in [5.74, 6) is -0.878. The zero-order valence-corrected chi connectivity index (χ0v) is 16.4. The Bertz CT molecular complexity index is 1090. The first-order valence-corrected chi connectivity index (χ1v) is 8.91. The maximum absolute atomic E-state index is 13.0.